The summed E-state index contributed by atoms with van der Waals surface area (Å²) >= 11 is 0. The van der Waals surface area contributed by atoms with Gasteiger partial charge in [0.2, 0.25) is 10.0 Å². The van der Waals surface area contributed by atoms with Crippen molar-refractivity contribution in [2.45, 2.75) is 37.1 Å². The van der Waals surface area contributed by atoms with Gasteiger partial charge < -0.3 is 4.90 Å². The molecule has 1 aliphatic carbocycles. The highest BCUT2D eigenvalue weighted by molar-refractivity contribution is 7.89. The summed E-state index contributed by atoms with van der Waals surface area (Å²) in [5.41, 5.74) is 2.94. The maximum atomic E-state index is 14.4. The van der Waals surface area contributed by atoms with Crippen LogP contribution in [0.5, 0.6) is 0 Å². The number of hydrogen-bond donors (Lipinski definition) is 1. The van der Waals surface area contributed by atoms with Crippen LogP contribution in [0.1, 0.15) is 46.7 Å². The van der Waals surface area contributed by atoms with Crippen molar-refractivity contribution in [2.75, 3.05) is 7.05 Å². The number of carbonyl (C=O) groups is 1. The lowest BCUT2D eigenvalue weighted by Crippen LogP contribution is -2.31. The van der Waals surface area contributed by atoms with Crippen LogP contribution in [0.3, 0.4) is 0 Å². The zero-order chi connectivity index (χ0) is 22.3. The molecule has 0 radical (unpaired) electrons. The van der Waals surface area contributed by atoms with E-state index in [-0.39, 0.29) is 10.8 Å². The number of nitrogens with zero attached hydrogens (tertiary/aromatic N) is 3. The van der Waals surface area contributed by atoms with Crippen LogP contribution in [0.15, 0.2) is 53.4 Å². The molecule has 1 aromatic heterocycles. The van der Waals surface area contributed by atoms with Crippen molar-refractivity contribution < 1.29 is 17.6 Å². The summed E-state index contributed by atoms with van der Waals surface area (Å²) in [5.74, 6) is -0.707. The summed E-state index contributed by atoms with van der Waals surface area (Å²) in [6, 6.07) is 12.1. The van der Waals surface area contributed by atoms with E-state index < -0.39 is 21.9 Å². The second-order valence-electron chi connectivity index (χ2n) is 7.70. The lowest BCUT2D eigenvalue weighted by Gasteiger charge is -2.25. The molecule has 7 nitrogen and oxygen atoms in total. The minimum atomic E-state index is -3.85. The van der Waals surface area contributed by atoms with E-state index >= 15 is 0 Å². The Labute approximate surface area is 180 Å². The topological polar surface area (TPSA) is 98.3 Å². The highest BCUT2D eigenvalue weighted by atomic mass is 32.2. The second-order valence-corrected chi connectivity index (χ2v) is 9.26. The van der Waals surface area contributed by atoms with Crippen molar-refractivity contribution in [1.29, 1.82) is 0 Å². The lowest BCUT2D eigenvalue weighted by atomic mass is 10.1. The Bertz CT molecular complexity index is 1270. The van der Waals surface area contributed by atoms with Gasteiger partial charge in [0.1, 0.15) is 11.5 Å². The van der Waals surface area contributed by atoms with Gasteiger partial charge in [0.15, 0.2) is 5.69 Å². The van der Waals surface area contributed by atoms with Crippen molar-refractivity contribution in [1.82, 2.24) is 14.7 Å². The molecular formula is C22H23FN4O3S. The van der Waals surface area contributed by atoms with E-state index in [9.17, 15) is 17.6 Å². The van der Waals surface area contributed by atoms with Crippen molar-refractivity contribution in [3.05, 3.63) is 76.9 Å². The van der Waals surface area contributed by atoms with Crippen LogP contribution in [-0.4, -0.2) is 36.1 Å². The molecule has 31 heavy (non-hydrogen) atoms. The molecule has 2 N–H and O–H groups in total. The minimum absolute atomic E-state index is 0.0116. The maximum Gasteiger partial charge on any atom is 0.274 e. The Kier molecular flexibility index (Phi) is 5.40. The Morgan fingerprint density at radius 1 is 1.19 bits per heavy atom. The molecule has 0 saturated carbocycles. The first kappa shape index (κ1) is 21.2. The highest BCUT2D eigenvalue weighted by Gasteiger charge is 2.31. The number of carbonyl (C=O) groups excluding carboxylic acids is 1. The fourth-order valence-corrected chi connectivity index (χ4v) is 4.52. The molecule has 1 amide bonds. The summed E-state index contributed by atoms with van der Waals surface area (Å²) < 4.78 is 39.3. The van der Waals surface area contributed by atoms with Crippen molar-refractivity contribution in [3.63, 3.8) is 0 Å². The van der Waals surface area contributed by atoms with Crippen molar-refractivity contribution in [3.8, 4) is 5.69 Å². The van der Waals surface area contributed by atoms with Crippen LogP contribution in [0.2, 0.25) is 0 Å². The third kappa shape index (κ3) is 3.86. The fraction of sp³-hybridized carbons (Fsp3) is 0.273. The number of hydrogen-bond acceptors (Lipinski definition) is 4. The number of sulfonamides is 1. The summed E-state index contributed by atoms with van der Waals surface area (Å²) in [4.78, 5) is 14.8. The van der Waals surface area contributed by atoms with Crippen molar-refractivity contribution in [2.24, 2.45) is 5.14 Å². The molecule has 0 fully saturated rings. The van der Waals surface area contributed by atoms with E-state index in [1.165, 1.54) is 27.8 Å². The van der Waals surface area contributed by atoms with Gasteiger partial charge in [0.25, 0.3) is 5.91 Å². The van der Waals surface area contributed by atoms with Gasteiger partial charge in [-0.15, -0.1) is 0 Å². The predicted molar refractivity (Wildman–Crippen MR) is 114 cm³/mol. The Hall–Kier alpha value is -3.04. The predicted octanol–water partition coefficient (Wildman–Crippen LogP) is 2.98. The monoisotopic (exact) mass is 442 g/mol. The molecule has 0 saturated heterocycles. The van der Waals surface area contributed by atoms with Crippen LogP contribution in [-0.2, 0) is 22.9 Å². The zero-order valence-corrected chi connectivity index (χ0v) is 18.1. The van der Waals surface area contributed by atoms with Gasteiger partial charge in [-0.1, -0.05) is 24.3 Å². The molecule has 1 aliphatic rings. The number of aromatic nitrogens is 2. The molecule has 162 valence electrons. The molecule has 9 heteroatoms. The number of halogens is 1. The molecule has 1 atom stereocenters. The number of benzene rings is 2. The minimum Gasteiger partial charge on any atom is -0.334 e. The average Bonchev–Trinajstić information content (AvgIpc) is 3.35. The van der Waals surface area contributed by atoms with Gasteiger partial charge in [0, 0.05) is 18.3 Å². The number of nitrogens with two attached hydrogens (primary N) is 1. The molecule has 3 aromatic rings. The molecule has 1 unspecified atom stereocenters. The first-order valence-corrected chi connectivity index (χ1v) is 11.5. The average molecular weight is 443 g/mol. The lowest BCUT2D eigenvalue weighted by molar-refractivity contribution is 0.0735. The van der Waals surface area contributed by atoms with E-state index in [1.807, 2.05) is 0 Å². The van der Waals surface area contributed by atoms with Crippen LogP contribution < -0.4 is 5.14 Å². The molecular weight excluding hydrogens is 419 g/mol. The third-order valence-corrected chi connectivity index (χ3v) is 6.69. The summed E-state index contributed by atoms with van der Waals surface area (Å²) in [5, 5.41) is 9.72. The van der Waals surface area contributed by atoms with E-state index in [1.54, 1.807) is 44.3 Å². The van der Waals surface area contributed by atoms with Crippen LogP contribution >= 0.6 is 0 Å². The molecule has 0 bridgehead atoms. The molecule has 2 aromatic carbocycles. The zero-order valence-electron chi connectivity index (χ0n) is 17.2. The normalized spacial score (nSPS) is 14.3. The second kappa shape index (κ2) is 7.90. The summed E-state index contributed by atoms with van der Waals surface area (Å²) in [6.07, 6.45) is 2.30. The van der Waals surface area contributed by atoms with Gasteiger partial charge in [-0.05, 0) is 56.0 Å². The van der Waals surface area contributed by atoms with E-state index in [0.717, 1.165) is 24.1 Å². The van der Waals surface area contributed by atoms with Gasteiger partial charge in [-0.2, -0.15) is 5.10 Å². The smallest absolute Gasteiger partial charge is 0.274 e. The fourth-order valence-electron chi connectivity index (χ4n) is 3.95. The maximum absolute atomic E-state index is 14.4. The van der Waals surface area contributed by atoms with E-state index in [2.05, 4.69) is 5.10 Å². The molecule has 0 aliphatic heterocycles. The van der Waals surface area contributed by atoms with Crippen molar-refractivity contribution >= 4 is 15.9 Å². The van der Waals surface area contributed by atoms with E-state index in [0.29, 0.717) is 23.4 Å². The van der Waals surface area contributed by atoms with Crippen LogP contribution in [0, 0.1) is 5.82 Å². The van der Waals surface area contributed by atoms with Crippen LogP contribution in [0.25, 0.3) is 5.69 Å². The van der Waals surface area contributed by atoms with Gasteiger partial charge >= 0.3 is 0 Å². The van der Waals surface area contributed by atoms with E-state index in [4.69, 9.17) is 5.14 Å². The standard InChI is InChI=1S/C22H23FN4O3S/c1-14(15-7-5-8-16(13-15)31(24,29)30)26(2)22(28)21-17-9-6-12-19(17)27(25-21)20-11-4-3-10-18(20)23/h3-5,7-8,10-11,13-14H,6,9,12H2,1-2H3,(H2,24,29,30). The SMILES string of the molecule is CC(c1cccc(S(N)(=O)=O)c1)N(C)C(=O)c1nn(-c2ccccc2F)c2c1CCC2. The Balaban J connectivity index is 1.69. The number of primary sulfonamides is 1. The number of para-hydroxylation sites is 1. The number of amides is 1. The Morgan fingerprint density at radius 2 is 1.94 bits per heavy atom. The van der Waals surface area contributed by atoms with Gasteiger partial charge in [-0.3, -0.25) is 4.79 Å². The number of rotatable bonds is 5. The number of fused-ring (bicyclic) bond motifs is 1. The largest absolute Gasteiger partial charge is 0.334 e. The quantitative estimate of drug-likeness (QED) is 0.657. The summed E-state index contributed by atoms with van der Waals surface area (Å²) in [6.45, 7) is 1.80. The van der Waals surface area contributed by atoms with Crippen LogP contribution in [0.4, 0.5) is 4.39 Å². The highest BCUT2D eigenvalue weighted by Crippen LogP contribution is 2.31. The molecule has 4 rings (SSSR count). The Morgan fingerprint density at radius 3 is 2.65 bits per heavy atom. The summed E-state index contributed by atoms with van der Waals surface area (Å²) in [7, 11) is -2.21. The van der Waals surface area contributed by atoms with Gasteiger partial charge in [-0.25, -0.2) is 22.6 Å². The first-order chi connectivity index (χ1) is 14.7. The molecule has 1 heterocycles. The van der Waals surface area contributed by atoms with Gasteiger partial charge in [0.05, 0.1) is 10.9 Å². The third-order valence-electron chi connectivity index (χ3n) is 5.78. The first-order valence-electron chi connectivity index (χ1n) is 9.94. The molecule has 0 spiro atoms.